The SMILES string of the molecule is O=S(=O)(Nc1cc(Cl)cc(Cl)c1)c1ccc2c(c1)CCCC2. The fourth-order valence-corrected chi connectivity index (χ4v) is 4.32. The molecule has 3 nitrogen and oxygen atoms in total. The number of hydrogen-bond acceptors (Lipinski definition) is 2. The normalized spacial score (nSPS) is 14.5. The molecule has 1 aliphatic rings. The van der Waals surface area contributed by atoms with E-state index in [0.29, 0.717) is 15.7 Å². The molecule has 1 N–H and O–H groups in total. The molecule has 0 saturated carbocycles. The summed E-state index contributed by atoms with van der Waals surface area (Å²) < 4.78 is 27.6. The molecule has 0 saturated heterocycles. The van der Waals surface area contributed by atoms with Gasteiger partial charge in [-0.3, -0.25) is 4.72 Å². The van der Waals surface area contributed by atoms with Crippen LogP contribution < -0.4 is 4.72 Å². The Morgan fingerprint density at radius 3 is 2.18 bits per heavy atom. The first-order chi connectivity index (χ1) is 10.4. The molecule has 22 heavy (non-hydrogen) atoms. The lowest BCUT2D eigenvalue weighted by molar-refractivity contribution is 0.600. The van der Waals surface area contributed by atoms with Crippen molar-refractivity contribution in [2.75, 3.05) is 4.72 Å². The van der Waals surface area contributed by atoms with Gasteiger partial charge in [0.2, 0.25) is 0 Å². The van der Waals surface area contributed by atoms with Gasteiger partial charge in [0.15, 0.2) is 0 Å². The molecule has 2 aromatic carbocycles. The van der Waals surface area contributed by atoms with Gasteiger partial charge in [0.05, 0.1) is 10.6 Å². The third-order valence-corrected chi connectivity index (χ3v) is 5.56. The van der Waals surface area contributed by atoms with E-state index in [9.17, 15) is 8.42 Å². The van der Waals surface area contributed by atoms with Crippen LogP contribution in [0.4, 0.5) is 5.69 Å². The van der Waals surface area contributed by atoms with Crippen LogP contribution in [0.3, 0.4) is 0 Å². The number of aryl methyl sites for hydroxylation is 2. The summed E-state index contributed by atoms with van der Waals surface area (Å²) >= 11 is 11.8. The minimum Gasteiger partial charge on any atom is -0.280 e. The van der Waals surface area contributed by atoms with Crippen molar-refractivity contribution >= 4 is 38.9 Å². The Kier molecular flexibility index (Phi) is 4.35. The summed E-state index contributed by atoms with van der Waals surface area (Å²) in [5, 5.41) is 0.770. The molecule has 0 atom stereocenters. The highest BCUT2D eigenvalue weighted by molar-refractivity contribution is 7.92. The van der Waals surface area contributed by atoms with Crippen molar-refractivity contribution in [1.82, 2.24) is 0 Å². The monoisotopic (exact) mass is 355 g/mol. The molecule has 0 fully saturated rings. The molecule has 3 rings (SSSR count). The second-order valence-electron chi connectivity index (χ2n) is 5.40. The minimum absolute atomic E-state index is 0.268. The Bertz CT molecular complexity index is 799. The second kappa shape index (κ2) is 6.11. The van der Waals surface area contributed by atoms with E-state index in [1.807, 2.05) is 6.07 Å². The van der Waals surface area contributed by atoms with Gasteiger partial charge in [0.1, 0.15) is 0 Å². The first-order valence-corrected chi connectivity index (χ1v) is 9.29. The average Bonchev–Trinajstić information content (AvgIpc) is 2.45. The predicted octanol–water partition coefficient (Wildman–Crippen LogP) is 4.67. The van der Waals surface area contributed by atoms with E-state index in [1.165, 1.54) is 24.1 Å². The Morgan fingerprint density at radius 1 is 0.864 bits per heavy atom. The molecule has 0 spiro atoms. The zero-order chi connectivity index (χ0) is 15.7. The maximum absolute atomic E-state index is 12.5. The van der Waals surface area contributed by atoms with Crippen molar-refractivity contribution in [1.29, 1.82) is 0 Å². The zero-order valence-electron chi connectivity index (χ0n) is 11.8. The molecule has 0 unspecified atom stereocenters. The van der Waals surface area contributed by atoms with Gasteiger partial charge in [-0.25, -0.2) is 8.42 Å². The van der Waals surface area contributed by atoms with E-state index >= 15 is 0 Å². The van der Waals surface area contributed by atoms with Crippen LogP contribution >= 0.6 is 23.2 Å². The summed E-state index contributed by atoms with van der Waals surface area (Å²) in [5.41, 5.74) is 2.73. The Morgan fingerprint density at radius 2 is 1.50 bits per heavy atom. The minimum atomic E-state index is -3.65. The van der Waals surface area contributed by atoms with Crippen molar-refractivity contribution in [2.24, 2.45) is 0 Å². The molecule has 0 radical (unpaired) electrons. The van der Waals surface area contributed by atoms with Gasteiger partial charge in [0.25, 0.3) is 10.0 Å². The predicted molar refractivity (Wildman–Crippen MR) is 90.4 cm³/mol. The lowest BCUT2D eigenvalue weighted by Gasteiger charge is -2.17. The van der Waals surface area contributed by atoms with Crippen LogP contribution in [-0.4, -0.2) is 8.42 Å². The number of nitrogens with one attached hydrogen (secondary N) is 1. The molecule has 2 aromatic rings. The fraction of sp³-hybridized carbons (Fsp3) is 0.250. The summed E-state index contributed by atoms with van der Waals surface area (Å²) in [7, 11) is -3.65. The molecular formula is C16H15Cl2NO2S. The zero-order valence-corrected chi connectivity index (χ0v) is 14.1. The van der Waals surface area contributed by atoms with E-state index in [-0.39, 0.29) is 4.90 Å². The van der Waals surface area contributed by atoms with Gasteiger partial charge in [-0.2, -0.15) is 0 Å². The highest BCUT2D eigenvalue weighted by Crippen LogP contribution is 2.27. The van der Waals surface area contributed by atoms with E-state index in [1.54, 1.807) is 18.2 Å². The average molecular weight is 356 g/mol. The van der Waals surface area contributed by atoms with E-state index in [4.69, 9.17) is 23.2 Å². The third kappa shape index (κ3) is 3.40. The molecule has 0 heterocycles. The number of sulfonamides is 1. The van der Waals surface area contributed by atoms with Gasteiger partial charge < -0.3 is 0 Å². The van der Waals surface area contributed by atoms with Crippen molar-refractivity contribution in [3.8, 4) is 0 Å². The Labute approximate surface area is 140 Å². The Hall–Kier alpha value is -1.23. The van der Waals surface area contributed by atoms with Crippen LogP contribution in [-0.2, 0) is 22.9 Å². The highest BCUT2D eigenvalue weighted by Gasteiger charge is 2.18. The molecular weight excluding hydrogens is 341 g/mol. The van der Waals surface area contributed by atoms with Crippen molar-refractivity contribution in [2.45, 2.75) is 30.6 Å². The summed E-state index contributed by atoms with van der Waals surface area (Å²) in [6.07, 6.45) is 4.22. The second-order valence-corrected chi connectivity index (χ2v) is 7.96. The van der Waals surface area contributed by atoms with Gasteiger partial charge in [-0.15, -0.1) is 0 Å². The molecule has 6 heteroatoms. The molecule has 116 valence electrons. The Balaban J connectivity index is 1.92. The number of halogens is 2. The first-order valence-electron chi connectivity index (χ1n) is 7.05. The smallest absolute Gasteiger partial charge is 0.261 e. The molecule has 0 bridgehead atoms. The van der Waals surface area contributed by atoms with Gasteiger partial charge in [-0.1, -0.05) is 29.3 Å². The van der Waals surface area contributed by atoms with Crippen LogP contribution in [0.25, 0.3) is 0 Å². The summed E-state index contributed by atoms with van der Waals surface area (Å²) in [6.45, 7) is 0. The van der Waals surface area contributed by atoms with Crippen molar-refractivity contribution < 1.29 is 8.42 Å². The number of anilines is 1. The van der Waals surface area contributed by atoms with Crippen LogP contribution in [0.2, 0.25) is 10.0 Å². The molecule has 1 aliphatic carbocycles. The van der Waals surface area contributed by atoms with Gasteiger partial charge >= 0.3 is 0 Å². The molecule has 0 aromatic heterocycles. The van der Waals surface area contributed by atoms with Crippen molar-refractivity contribution in [3.05, 3.63) is 57.6 Å². The van der Waals surface area contributed by atoms with Crippen molar-refractivity contribution in [3.63, 3.8) is 0 Å². The lowest BCUT2D eigenvalue weighted by atomic mass is 9.92. The largest absolute Gasteiger partial charge is 0.280 e. The molecule has 0 aliphatic heterocycles. The standard InChI is InChI=1S/C16H15Cl2NO2S/c17-13-8-14(18)10-15(9-13)19-22(20,21)16-6-5-11-3-1-2-4-12(11)7-16/h5-10,19H,1-4H2. The van der Waals surface area contributed by atoms with Crippen LogP contribution in [0.15, 0.2) is 41.3 Å². The lowest BCUT2D eigenvalue weighted by Crippen LogP contribution is -2.14. The summed E-state index contributed by atoms with van der Waals surface area (Å²) in [5.74, 6) is 0. The van der Waals surface area contributed by atoms with E-state index < -0.39 is 10.0 Å². The highest BCUT2D eigenvalue weighted by atomic mass is 35.5. The number of fused-ring (bicyclic) bond motifs is 1. The van der Waals surface area contributed by atoms with Crippen LogP contribution in [0.1, 0.15) is 24.0 Å². The number of rotatable bonds is 3. The number of hydrogen-bond donors (Lipinski definition) is 1. The topological polar surface area (TPSA) is 46.2 Å². The van der Waals surface area contributed by atoms with E-state index in [2.05, 4.69) is 4.72 Å². The quantitative estimate of drug-likeness (QED) is 0.869. The van der Waals surface area contributed by atoms with Gasteiger partial charge in [-0.05, 0) is 67.1 Å². The first kappa shape index (κ1) is 15.7. The summed E-state index contributed by atoms with van der Waals surface area (Å²) in [4.78, 5) is 0.268. The maximum Gasteiger partial charge on any atom is 0.261 e. The van der Waals surface area contributed by atoms with Crippen LogP contribution in [0, 0.1) is 0 Å². The summed E-state index contributed by atoms with van der Waals surface area (Å²) in [6, 6.07) is 9.95. The van der Waals surface area contributed by atoms with E-state index in [0.717, 1.165) is 24.8 Å². The fourth-order valence-electron chi connectivity index (χ4n) is 2.70. The third-order valence-electron chi connectivity index (χ3n) is 3.75. The number of benzene rings is 2. The molecule has 0 amide bonds. The maximum atomic E-state index is 12.5. The van der Waals surface area contributed by atoms with Crippen LogP contribution in [0.5, 0.6) is 0 Å². The van der Waals surface area contributed by atoms with Gasteiger partial charge in [0, 0.05) is 10.0 Å².